The molecule has 0 unspecified atom stereocenters. The first-order valence-electron chi connectivity index (χ1n) is 4.37. The molecule has 1 rings (SSSR count). The average Bonchev–Trinajstić information content (AvgIpc) is 2.15. The van der Waals surface area contributed by atoms with Crippen LogP contribution in [0, 0.1) is 0 Å². The number of benzene rings is 1. The van der Waals surface area contributed by atoms with Crippen LogP contribution in [0.1, 0.15) is 17.0 Å². The van der Waals surface area contributed by atoms with E-state index in [1.54, 1.807) is 0 Å². The largest absolute Gasteiger partial charge is 0.480 e. The number of rotatable bonds is 3. The fourth-order valence-electron chi connectivity index (χ4n) is 1.38. The second-order valence-corrected chi connectivity index (χ2v) is 3.19. The minimum absolute atomic E-state index is 0.647. The van der Waals surface area contributed by atoms with Crippen molar-refractivity contribution in [1.29, 1.82) is 0 Å². The molecule has 17 heavy (non-hydrogen) atoms. The van der Waals surface area contributed by atoms with Gasteiger partial charge in [0, 0.05) is 0 Å². The van der Waals surface area contributed by atoms with Gasteiger partial charge in [-0.2, -0.15) is 13.2 Å². The first kappa shape index (κ1) is 13.0. The van der Waals surface area contributed by atoms with Gasteiger partial charge in [-0.15, -0.1) is 0 Å². The Kier molecular flexibility index (Phi) is 3.40. The molecule has 0 saturated carbocycles. The van der Waals surface area contributed by atoms with Crippen LogP contribution in [0.4, 0.5) is 13.2 Å². The highest BCUT2D eigenvalue weighted by molar-refractivity contribution is 5.99. The summed E-state index contributed by atoms with van der Waals surface area (Å²) in [5, 5.41) is 17.3. The Bertz CT molecular complexity index is 439. The third kappa shape index (κ3) is 2.74. The first-order valence-corrected chi connectivity index (χ1v) is 4.37. The molecule has 2 N–H and O–H groups in total. The van der Waals surface area contributed by atoms with Crippen LogP contribution in [0.3, 0.4) is 0 Å². The minimum atomic E-state index is -4.79. The van der Waals surface area contributed by atoms with Crippen molar-refractivity contribution in [2.24, 2.45) is 0 Å². The molecule has 0 radical (unpaired) electrons. The van der Waals surface area contributed by atoms with Crippen molar-refractivity contribution in [3.8, 4) is 0 Å². The molecular weight excluding hydrogens is 241 g/mol. The molecule has 0 aliphatic carbocycles. The number of hydrogen-bond acceptors (Lipinski definition) is 2. The predicted molar refractivity (Wildman–Crippen MR) is 49.5 cm³/mol. The van der Waals surface area contributed by atoms with Crippen LogP contribution in [0.2, 0.25) is 0 Å². The number of hydrogen-bond donors (Lipinski definition) is 2. The van der Waals surface area contributed by atoms with Crippen molar-refractivity contribution >= 4 is 11.9 Å². The summed E-state index contributed by atoms with van der Waals surface area (Å²) in [7, 11) is 0. The van der Waals surface area contributed by atoms with Gasteiger partial charge in [0.05, 0.1) is 5.56 Å². The van der Waals surface area contributed by atoms with E-state index in [1.165, 1.54) is 0 Å². The summed E-state index contributed by atoms with van der Waals surface area (Å²) in [5.74, 6) is -5.91. The molecule has 0 aromatic heterocycles. The van der Waals surface area contributed by atoms with Crippen molar-refractivity contribution < 1.29 is 33.0 Å². The third-order valence-electron chi connectivity index (χ3n) is 2.07. The van der Waals surface area contributed by atoms with E-state index in [9.17, 15) is 22.8 Å². The topological polar surface area (TPSA) is 74.6 Å². The van der Waals surface area contributed by atoms with Gasteiger partial charge in [-0.3, -0.25) is 9.59 Å². The molecule has 0 amide bonds. The van der Waals surface area contributed by atoms with Gasteiger partial charge in [-0.05, 0) is 11.6 Å². The lowest BCUT2D eigenvalue weighted by molar-refractivity contribution is -0.151. The SMILES string of the molecule is O=C(O)C(C(=O)O)c1ccccc1C(F)(F)F. The standard InChI is InChI=1S/C10H7F3O4/c11-10(12,13)6-4-2-1-3-5(6)7(8(14)15)9(16)17/h1-4,7H,(H,14,15)(H,16,17). The number of aliphatic carboxylic acids is 2. The molecular formula is C10H7F3O4. The summed E-state index contributed by atoms with van der Waals surface area (Å²) in [6, 6.07) is 3.71. The second kappa shape index (κ2) is 4.44. The number of carbonyl (C=O) groups is 2. The van der Waals surface area contributed by atoms with Crippen LogP contribution in [-0.4, -0.2) is 22.2 Å². The molecule has 0 aliphatic heterocycles. The van der Waals surface area contributed by atoms with Crippen LogP contribution in [0.25, 0.3) is 0 Å². The summed E-state index contributed by atoms with van der Waals surface area (Å²) in [6.07, 6.45) is -4.79. The smallest absolute Gasteiger partial charge is 0.416 e. The Labute approximate surface area is 93.3 Å². The average molecular weight is 248 g/mol. The Hall–Kier alpha value is -2.05. The fraction of sp³-hybridized carbons (Fsp3) is 0.200. The lowest BCUT2D eigenvalue weighted by Crippen LogP contribution is -2.24. The number of carboxylic acid groups (broad SMARTS) is 2. The summed E-state index contributed by atoms with van der Waals surface area (Å²) >= 11 is 0. The zero-order valence-corrected chi connectivity index (χ0v) is 8.23. The molecule has 0 saturated heterocycles. The molecule has 1 aromatic rings. The van der Waals surface area contributed by atoms with Gasteiger partial charge in [-0.25, -0.2) is 0 Å². The van der Waals surface area contributed by atoms with Gasteiger partial charge in [0.1, 0.15) is 0 Å². The maximum Gasteiger partial charge on any atom is 0.416 e. The lowest BCUT2D eigenvalue weighted by atomic mass is 9.94. The zero-order valence-electron chi connectivity index (χ0n) is 8.23. The van der Waals surface area contributed by atoms with E-state index in [-0.39, 0.29) is 0 Å². The second-order valence-electron chi connectivity index (χ2n) is 3.19. The van der Waals surface area contributed by atoms with E-state index in [0.29, 0.717) is 6.07 Å². The van der Waals surface area contributed by atoms with Gasteiger partial charge in [0.15, 0.2) is 5.92 Å². The monoisotopic (exact) mass is 248 g/mol. The van der Waals surface area contributed by atoms with Gasteiger partial charge < -0.3 is 10.2 Å². The molecule has 0 bridgehead atoms. The zero-order chi connectivity index (χ0) is 13.2. The van der Waals surface area contributed by atoms with Crippen LogP contribution in [0.5, 0.6) is 0 Å². The van der Waals surface area contributed by atoms with Crippen LogP contribution >= 0.6 is 0 Å². The highest BCUT2D eigenvalue weighted by atomic mass is 19.4. The third-order valence-corrected chi connectivity index (χ3v) is 2.07. The summed E-state index contributed by atoms with van der Waals surface area (Å²) < 4.78 is 37.6. The first-order chi connectivity index (χ1) is 7.75. The fourth-order valence-corrected chi connectivity index (χ4v) is 1.38. The maximum atomic E-state index is 12.5. The van der Waals surface area contributed by atoms with Crippen LogP contribution in [-0.2, 0) is 15.8 Å². The molecule has 92 valence electrons. The van der Waals surface area contributed by atoms with E-state index in [0.717, 1.165) is 18.2 Å². The molecule has 0 spiro atoms. The van der Waals surface area contributed by atoms with Gasteiger partial charge in [0.2, 0.25) is 0 Å². The van der Waals surface area contributed by atoms with Gasteiger partial charge in [0.25, 0.3) is 0 Å². The maximum absolute atomic E-state index is 12.5. The van der Waals surface area contributed by atoms with Crippen LogP contribution in [0.15, 0.2) is 24.3 Å². The van der Waals surface area contributed by atoms with E-state index in [1.807, 2.05) is 0 Å². The molecule has 4 nitrogen and oxygen atoms in total. The quantitative estimate of drug-likeness (QED) is 0.802. The minimum Gasteiger partial charge on any atom is -0.480 e. The van der Waals surface area contributed by atoms with Gasteiger partial charge >= 0.3 is 18.1 Å². The highest BCUT2D eigenvalue weighted by Crippen LogP contribution is 2.35. The summed E-state index contributed by atoms with van der Waals surface area (Å²) in [6.45, 7) is 0. The number of alkyl halides is 3. The molecule has 0 fully saturated rings. The molecule has 7 heteroatoms. The van der Waals surface area contributed by atoms with E-state index < -0.39 is 35.2 Å². The Morgan fingerprint density at radius 3 is 1.94 bits per heavy atom. The van der Waals surface area contributed by atoms with E-state index in [4.69, 9.17) is 10.2 Å². The lowest BCUT2D eigenvalue weighted by Gasteiger charge is -2.15. The molecule has 0 atom stereocenters. The predicted octanol–water partition coefficient (Wildman–Crippen LogP) is 1.96. The number of halogens is 3. The number of carboxylic acids is 2. The molecule has 1 aromatic carbocycles. The Balaban J connectivity index is 3.39. The Morgan fingerprint density at radius 2 is 1.53 bits per heavy atom. The highest BCUT2D eigenvalue weighted by Gasteiger charge is 2.39. The van der Waals surface area contributed by atoms with Crippen LogP contribution < -0.4 is 0 Å². The van der Waals surface area contributed by atoms with Crippen molar-refractivity contribution in [1.82, 2.24) is 0 Å². The van der Waals surface area contributed by atoms with Gasteiger partial charge in [-0.1, -0.05) is 18.2 Å². The summed E-state index contributed by atoms with van der Waals surface area (Å²) in [4.78, 5) is 21.3. The van der Waals surface area contributed by atoms with Crippen molar-refractivity contribution in [3.63, 3.8) is 0 Å². The summed E-state index contributed by atoms with van der Waals surface area (Å²) in [5.41, 5.74) is -2.03. The normalized spacial score (nSPS) is 11.5. The van der Waals surface area contributed by atoms with E-state index in [2.05, 4.69) is 0 Å². The van der Waals surface area contributed by atoms with E-state index >= 15 is 0 Å². The van der Waals surface area contributed by atoms with Crippen molar-refractivity contribution in [2.45, 2.75) is 12.1 Å². The van der Waals surface area contributed by atoms with Crippen molar-refractivity contribution in [3.05, 3.63) is 35.4 Å². The van der Waals surface area contributed by atoms with Crippen molar-refractivity contribution in [2.75, 3.05) is 0 Å². The molecule has 0 heterocycles. The Morgan fingerprint density at radius 1 is 1.06 bits per heavy atom. The molecule has 0 aliphatic rings.